The summed E-state index contributed by atoms with van der Waals surface area (Å²) in [4.78, 5) is 39.7. The van der Waals surface area contributed by atoms with E-state index in [1.165, 1.54) is 19.9 Å². The highest BCUT2D eigenvalue weighted by atomic mass is 16.6. The van der Waals surface area contributed by atoms with Gasteiger partial charge in [0.1, 0.15) is 17.1 Å². The molecule has 2 aliphatic heterocycles. The molecule has 0 radical (unpaired) electrons. The number of fused-ring (bicyclic) bond motifs is 2. The van der Waals surface area contributed by atoms with Gasteiger partial charge >= 0.3 is 5.97 Å². The first kappa shape index (κ1) is 25.9. The van der Waals surface area contributed by atoms with Crippen LogP contribution in [0.15, 0.2) is 54.6 Å². The Morgan fingerprint density at radius 1 is 1.16 bits per heavy atom. The first-order chi connectivity index (χ1) is 17.4. The minimum atomic E-state index is -1.76. The number of rotatable bonds is 3. The van der Waals surface area contributed by atoms with Crippen molar-refractivity contribution in [1.29, 1.82) is 0 Å². The lowest BCUT2D eigenvalue weighted by molar-refractivity contribution is -0.162. The highest BCUT2D eigenvalue weighted by molar-refractivity contribution is 5.91. The molecule has 0 unspecified atom stereocenters. The van der Waals surface area contributed by atoms with Crippen molar-refractivity contribution < 1.29 is 29.0 Å². The van der Waals surface area contributed by atoms with E-state index in [2.05, 4.69) is 19.2 Å². The van der Waals surface area contributed by atoms with E-state index in [9.17, 15) is 19.5 Å². The van der Waals surface area contributed by atoms with Gasteiger partial charge in [-0.25, -0.2) is 0 Å². The molecule has 2 saturated heterocycles. The SMILES string of the molecule is CC(=O)O[C@@H]1C=C[C@@](C)(O)C(=O)[C@@H](C)CC=C[C@H]2[C@@H]3O[C@]3(C)[C@@H](C)[C@H]3[C@H](Cc4ccccc4)NC(=O)[C@@]312. The zero-order valence-electron chi connectivity index (χ0n) is 22.1. The van der Waals surface area contributed by atoms with Crippen molar-refractivity contribution in [2.75, 3.05) is 0 Å². The normalized spacial score (nSPS) is 44.6. The molecule has 3 fully saturated rings. The van der Waals surface area contributed by atoms with Crippen molar-refractivity contribution in [2.24, 2.45) is 29.1 Å². The van der Waals surface area contributed by atoms with E-state index in [0.29, 0.717) is 12.8 Å². The summed E-state index contributed by atoms with van der Waals surface area (Å²) in [5.74, 6) is -2.10. The largest absolute Gasteiger partial charge is 0.457 e. The number of ketones is 1. The van der Waals surface area contributed by atoms with Crippen molar-refractivity contribution in [3.63, 3.8) is 0 Å². The lowest BCUT2D eigenvalue weighted by Crippen LogP contribution is -2.60. The third kappa shape index (κ3) is 3.98. The van der Waals surface area contributed by atoms with E-state index in [4.69, 9.17) is 9.47 Å². The lowest BCUT2D eigenvalue weighted by atomic mass is 9.51. The number of hydrogen-bond donors (Lipinski definition) is 2. The summed E-state index contributed by atoms with van der Waals surface area (Å²) in [6, 6.07) is 9.82. The summed E-state index contributed by atoms with van der Waals surface area (Å²) in [6.45, 7) is 8.76. The number of benzene rings is 1. The van der Waals surface area contributed by atoms with Crippen LogP contribution in [0.4, 0.5) is 0 Å². The Balaban J connectivity index is 1.70. The Kier molecular flexibility index (Phi) is 6.23. The average molecular weight is 508 g/mol. The van der Waals surface area contributed by atoms with Crippen molar-refractivity contribution in [1.82, 2.24) is 5.32 Å². The van der Waals surface area contributed by atoms with E-state index in [1.54, 1.807) is 13.0 Å². The van der Waals surface area contributed by atoms with E-state index in [0.717, 1.165) is 5.56 Å². The number of carbonyl (C=O) groups is 3. The van der Waals surface area contributed by atoms with E-state index in [1.807, 2.05) is 42.5 Å². The Bertz CT molecular complexity index is 1160. The fourth-order valence-corrected chi connectivity index (χ4v) is 7.33. The predicted octanol–water partition coefficient (Wildman–Crippen LogP) is 3.16. The van der Waals surface area contributed by atoms with Crippen molar-refractivity contribution in [3.8, 4) is 0 Å². The van der Waals surface area contributed by atoms with Crippen LogP contribution in [0.5, 0.6) is 0 Å². The second kappa shape index (κ2) is 8.91. The standard InChI is InChI=1S/C30H37NO6/c1-17-10-9-13-21-26-29(5,37-26)18(2)24-22(16-20-11-7-6-8-12-20)31-27(34)30(21,24)23(36-19(3)32)14-15-28(4,35)25(17)33/h6-9,11-15,17-18,21-24,26,35H,10,16H2,1-5H3,(H,31,34)/t17-,18-,21-,22-,23+,24-,26-,28+,29+,30+/m0/s1. The topological polar surface area (TPSA) is 105 Å². The van der Waals surface area contributed by atoms with Gasteiger partial charge in [0, 0.05) is 30.7 Å². The molecule has 0 aromatic heterocycles. The van der Waals surface area contributed by atoms with Crippen LogP contribution in [0.2, 0.25) is 0 Å². The summed E-state index contributed by atoms with van der Waals surface area (Å²) in [6.07, 6.45) is 6.72. The summed E-state index contributed by atoms with van der Waals surface area (Å²) in [7, 11) is 0. The zero-order valence-corrected chi connectivity index (χ0v) is 22.1. The second-order valence-electron chi connectivity index (χ2n) is 11.7. The molecular weight excluding hydrogens is 470 g/mol. The minimum Gasteiger partial charge on any atom is -0.457 e. The summed E-state index contributed by atoms with van der Waals surface area (Å²) < 4.78 is 12.3. The molecule has 5 rings (SSSR count). The monoisotopic (exact) mass is 507 g/mol. The molecule has 7 heteroatoms. The molecule has 10 atom stereocenters. The Morgan fingerprint density at radius 3 is 2.54 bits per heavy atom. The lowest BCUT2D eigenvalue weighted by Gasteiger charge is -2.49. The van der Waals surface area contributed by atoms with Crippen LogP contribution in [0, 0.1) is 29.1 Å². The number of aliphatic hydroxyl groups is 1. The first-order valence-electron chi connectivity index (χ1n) is 13.3. The summed E-state index contributed by atoms with van der Waals surface area (Å²) in [5.41, 5.74) is -2.24. The van der Waals surface area contributed by atoms with Gasteiger partial charge in [-0.2, -0.15) is 0 Å². The van der Waals surface area contributed by atoms with Crippen LogP contribution in [-0.4, -0.2) is 52.2 Å². The average Bonchev–Trinajstić information content (AvgIpc) is 3.46. The first-order valence-corrected chi connectivity index (χ1v) is 13.3. The summed E-state index contributed by atoms with van der Waals surface area (Å²) in [5, 5.41) is 14.3. The van der Waals surface area contributed by atoms with Crippen LogP contribution in [-0.2, 0) is 30.3 Å². The number of epoxide rings is 1. The third-order valence-corrected chi connectivity index (χ3v) is 9.34. The Morgan fingerprint density at radius 2 is 1.86 bits per heavy atom. The van der Waals surface area contributed by atoms with Gasteiger partial charge in [-0.05, 0) is 50.3 Å². The summed E-state index contributed by atoms with van der Waals surface area (Å²) >= 11 is 0. The highest BCUT2D eigenvalue weighted by Crippen LogP contribution is 2.67. The highest BCUT2D eigenvalue weighted by Gasteiger charge is 2.78. The molecule has 1 aromatic carbocycles. The molecule has 1 spiro atoms. The van der Waals surface area contributed by atoms with Gasteiger partial charge in [0.2, 0.25) is 5.91 Å². The number of esters is 1. The van der Waals surface area contributed by atoms with Gasteiger partial charge in [-0.1, -0.05) is 56.3 Å². The molecule has 37 heavy (non-hydrogen) atoms. The maximum absolute atomic E-state index is 14.3. The van der Waals surface area contributed by atoms with Crippen LogP contribution in [0.25, 0.3) is 0 Å². The van der Waals surface area contributed by atoms with E-state index < -0.39 is 34.6 Å². The number of allylic oxidation sites excluding steroid dienone is 1. The molecule has 1 saturated carbocycles. The molecule has 2 N–H and O–H groups in total. The van der Waals surface area contributed by atoms with Crippen molar-refractivity contribution >= 4 is 17.7 Å². The van der Waals surface area contributed by atoms with E-state index >= 15 is 0 Å². The molecule has 2 heterocycles. The van der Waals surface area contributed by atoms with Crippen molar-refractivity contribution in [2.45, 2.75) is 76.9 Å². The third-order valence-electron chi connectivity index (χ3n) is 9.34. The van der Waals surface area contributed by atoms with Gasteiger partial charge in [0.05, 0.1) is 11.7 Å². The number of carbonyl (C=O) groups excluding carboxylic acids is 3. The molecule has 198 valence electrons. The van der Waals surface area contributed by atoms with Gasteiger partial charge in [0.25, 0.3) is 0 Å². The molecule has 1 aromatic rings. The van der Waals surface area contributed by atoms with Gasteiger partial charge < -0.3 is 19.9 Å². The predicted molar refractivity (Wildman–Crippen MR) is 137 cm³/mol. The van der Waals surface area contributed by atoms with E-state index in [-0.39, 0.29) is 41.6 Å². The fraction of sp³-hybridized carbons (Fsp3) is 0.567. The second-order valence-corrected chi connectivity index (χ2v) is 11.7. The minimum absolute atomic E-state index is 0.0209. The molecule has 4 aliphatic rings. The van der Waals surface area contributed by atoms with Crippen LogP contribution >= 0.6 is 0 Å². The smallest absolute Gasteiger partial charge is 0.303 e. The number of hydrogen-bond acceptors (Lipinski definition) is 6. The maximum atomic E-state index is 14.3. The van der Waals surface area contributed by atoms with Crippen LogP contribution < -0.4 is 5.32 Å². The fourth-order valence-electron chi connectivity index (χ4n) is 7.33. The van der Waals surface area contributed by atoms with Gasteiger partial charge in [-0.3, -0.25) is 14.4 Å². The maximum Gasteiger partial charge on any atom is 0.303 e. The van der Waals surface area contributed by atoms with Crippen molar-refractivity contribution in [3.05, 3.63) is 60.2 Å². The Labute approximate surface area is 218 Å². The number of amides is 1. The quantitative estimate of drug-likeness (QED) is 0.370. The van der Waals surface area contributed by atoms with Gasteiger partial charge in [-0.15, -0.1) is 0 Å². The molecule has 1 amide bonds. The number of nitrogens with one attached hydrogen (secondary N) is 1. The molecule has 2 aliphatic carbocycles. The molecule has 0 bridgehead atoms. The molecular formula is C30H37NO6. The Hall–Kier alpha value is -2.77. The van der Waals surface area contributed by atoms with Crippen LogP contribution in [0.1, 0.15) is 46.6 Å². The molecule has 7 nitrogen and oxygen atoms in total. The number of Topliss-reactive ketones (excluding diaryl/α,β-unsaturated/α-hetero) is 1. The number of ether oxygens (including phenoxy) is 2. The zero-order chi connectivity index (χ0) is 26.8. The van der Waals surface area contributed by atoms with Gasteiger partial charge in [0.15, 0.2) is 5.78 Å². The van der Waals surface area contributed by atoms with Crippen LogP contribution in [0.3, 0.4) is 0 Å².